The fourth-order valence-corrected chi connectivity index (χ4v) is 3.59. The third kappa shape index (κ3) is 2.46. The molecule has 22 heavy (non-hydrogen) atoms. The van der Waals surface area contributed by atoms with E-state index in [4.69, 9.17) is 11.6 Å². The Labute approximate surface area is 135 Å². The first-order valence-electron chi connectivity index (χ1n) is 6.47. The summed E-state index contributed by atoms with van der Waals surface area (Å²) in [4.78, 5) is 17.9. The molecule has 0 fully saturated rings. The zero-order valence-electron chi connectivity index (χ0n) is 11.8. The third-order valence-electron chi connectivity index (χ3n) is 3.38. The summed E-state index contributed by atoms with van der Waals surface area (Å²) in [5.74, 6) is -1.77. The zero-order chi connectivity index (χ0) is 16.0. The molecule has 0 amide bonds. The van der Waals surface area contributed by atoms with Gasteiger partial charge in [-0.1, -0.05) is 11.6 Å². The van der Waals surface area contributed by atoms with Gasteiger partial charge in [-0.15, -0.1) is 11.3 Å². The Balaban J connectivity index is 2.39. The molecule has 0 saturated carbocycles. The van der Waals surface area contributed by atoms with E-state index in [1.807, 2.05) is 19.9 Å². The predicted octanol–water partition coefficient (Wildman–Crippen LogP) is 5.07. The molecule has 3 rings (SSSR count). The molecule has 2 heterocycles. The number of aromatic carboxylic acids is 1. The van der Waals surface area contributed by atoms with Crippen molar-refractivity contribution in [2.24, 2.45) is 0 Å². The highest BCUT2D eigenvalue weighted by Gasteiger charge is 2.18. The van der Waals surface area contributed by atoms with Gasteiger partial charge in [-0.25, -0.2) is 14.2 Å². The highest BCUT2D eigenvalue weighted by molar-refractivity contribution is 7.12. The summed E-state index contributed by atoms with van der Waals surface area (Å²) in [6.07, 6.45) is 0. The molecule has 6 heteroatoms. The average Bonchev–Trinajstić information content (AvgIpc) is 2.76. The molecule has 0 atom stereocenters. The van der Waals surface area contributed by atoms with Gasteiger partial charge < -0.3 is 5.11 Å². The molecule has 2 aromatic heterocycles. The lowest BCUT2D eigenvalue weighted by Gasteiger charge is -2.08. The summed E-state index contributed by atoms with van der Waals surface area (Å²) in [6.45, 7) is 3.89. The maximum absolute atomic E-state index is 14.2. The van der Waals surface area contributed by atoms with Gasteiger partial charge >= 0.3 is 5.97 Å². The Bertz CT molecular complexity index is 920. The highest BCUT2D eigenvalue weighted by atomic mass is 35.5. The van der Waals surface area contributed by atoms with E-state index in [1.165, 1.54) is 12.1 Å². The number of thiophene rings is 1. The van der Waals surface area contributed by atoms with Crippen LogP contribution in [-0.2, 0) is 0 Å². The number of hydrogen-bond donors (Lipinski definition) is 1. The van der Waals surface area contributed by atoms with Crippen LogP contribution in [0.1, 0.15) is 20.1 Å². The Kier molecular flexibility index (Phi) is 3.62. The van der Waals surface area contributed by atoms with Gasteiger partial charge in [-0.2, -0.15) is 0 Å². The van der Waals surface area contributed by atoms with E-state index >= 15 is 0 Å². The first-order chi connectivity index (χ1) is 10.4. The summed E-state index contributed by atoms with van der Waals surface area (Å²) in [5.41, 5.74) is 1.28. The molecule has 0 unspecified atom stereocenters. The third-order valence-corrected chi connectivity index (χ3v) is 4.56. The summed E-state index contributed by atoms with van der Waals surface area (Å²) >= 11 is 7.41. The first kappa shape index (κ1) is 14.9. The van der Waals surface area contributed by atoms with E-state index in [9.17, 15) is 14.3 Å². The van der Waals surface area contributed by atoms with Crippen LogP contribution in [0, 0.1) is 19.7 Å². The van der Waals surface area contributed by atoms with Crippen LogP contribution in [0.3, 0.4) is 0 Å². The van der Waals surface area contributed by atoms with Crippen LogP contribution in [-0.4, -0.2) is 16.1 Å². The molecule has 3 aromatic rings. The van der Waals surface area contributed by atoms with Crippen molar-refractivity contribution in [3.63, 3.8) is 0 Å². The Morgan fingerprint density at radius 1 is 1.27 bits per heavy atom. The Morgan fingerprint density at radius 2 is 2.00 bits per heavy atom. The summed E-state index contributed by atoms with van der Waals surface area (Å²) in [6, 6.07) is 5.95. The topological polar surface area (TPSA) is 50.2 Å². The van der Waals surface area contributed by atoms with Gasteiger partial charge in [0.2, 0.25) is 0 Å². The number of carboxylic acid groups (broad SMARTS) is 1. The second-order valence-corrected chi connectivity index (χ2v) is 6.87. The largest absolute Gasteiger partial charge is 0.478 e. The molecule has 112 valence electrons. The van der Waals surface area contributed by atoms with Crippen LogP contribution in [0.2, 0.25) is 5.02 Å². The number of carboxylic acids is 1. The van der Waals surface area contributed by atoms with E-state index in [0.717, 1.165) is 21.4 Å². The number of fused-ring (bicyclic) bond motifs is 1. The van der Waals surface area contributed by atoms with Crippen molar-refractivity contribution in [3.8, 4) is 11.3 Å². The van der Waals surface area contributed by atoms with Crippen LogP contribution in [0.25, 0.3) is 22.2 Å². The normalized spacial score (nSPS) is 11.1. The SMILES string of the molecule is Cc1cc(-c2cc(C(=O)O)c3cc(Cl)cc(F)c3n2)c(C)s1. The van der Waals surface area contributed by atoms with Gasteiger partial charge in [-0.05, 0) is 38.1 Å². The molecule has 0 aliphatic heterocycles. The minimum atomic E-state index is -1.14. The number of hydrogen-bond acceptors (Lipinski definition) is 3. The maximum atomic E-state index is 14.2. The number of carbonyl (C=O) groups is 1. The van der Waals surface area contributed by atoms with Crippen molar-refractivity contribution in [1.82, 2.24) is 4.98 Å². The van der Waals surface area contributed by atoms with Gasteiger partial charge in [0.05, 0.1) is 11.3 Å². The van der Waals surface area contributed by atoms with Gasteiger partial charge in [-0.3, -0.25) is 0 Å². The Morgan fingerprint density at radius 3 is 2.59 bits per heavy atom. The number of pyridine rings is 1. The minimum absolute atomic E-state index is 0.00958. The van der Waals surface area contributed by atoms with Crippen LogP contribution in [0.4, 0.5) is 4.39 Å². The van der Waals surface area contributed by atoms with Gasteiger partial charge in [0.15, 0.2) is 5.82 Å². The molecule has 1 aromatic carbocycles. The van der Waals surface area contributed by atoms with Crippen LogP contribution >= 0.6 is 22.9 Å². The Hall–Kier alpha value is -1.98. The molecule has 0 spiro atoms. The highest BCUT2D eigenvalue weighted by Crippen LogP contribution is 2.33. The molecule has 0 saturated heterocycles. The number of halogens is 2. The van der Waals surface area contributed by atoms with Crippen molar-refractivity contribution in [2.75, 3.05) is 0 Å². The van der Waals surface area contributed by atoms with E-state index in [1.54, 1.807) is 11.3 Å². The van der Waals surface area contributed by atoms with Gasteiger partial charge in [0.1, 0.15) is 5.52 Å². The fourth-order valence-electron chi connectivity index (χ4n) is 2.45. The van der Waals surface area contributed by atoms with Crippen molar-refractivity contribution < 1.29 is 14.3 Å². The molecular formula is C16H11ClFNO2S. The standard InChI is InChI=1S/C16H11ClFNO2S/c1-7-3-10(8(2)22-7)14-6-12(16(20)21)11-4-9(17)5-13(18)15(11)19-14/h3-6H,1-2H3,(H,20,21). The lowest BCUT2D eigenvalue weighted by molar-refractivity contribution is 0.0699. The maximum Gasteiger partial charge on any atom is 0.336 e. The van der Waals surface area contributed by atoms with E-state index < -0.39 is 11.8 Å². The number of benzene rings is 1. The van der Waals surface area contributed by atoms with Crippen LogP contribution in [0.5, 0.6) is 0 Å². The van der Waals surface area contributed by atoms with E-state index in [-0.39, 0.29) is 21.5 Å². The molecule has 3 nitrogen and oxygen atoms in total. The van der Waals surface area contributed by atoms with E-state index in [2.05, 4.69) is 4.98 Å². The van der Waals surface area contributed by atoms with Crippen LogP contribution < -0.4 is 0 Å². The second-order valence-electron chi connectivity index (χ2n) is 4.97. The molecule has 0 radical (unpaired) electrons. The molecular weight excluding hydrogens is 325 g/mol. The van der Waals surface area contributed by atoms with Crippen molar-refractivity contribution in [1.29, 1.82) is 0 Å². The number of nitrogens with zero attached hydrogens (tertiary/aromatic N) is 1. The van der Waals surface area contributed by atoms with Crippen molar-refractivity contribution in [3.05, 3.63) is 50.4 Å². The fraction of sp³-hybridized carbons (Fsp3) is 0.125. The smallest absolute Gasteiger partial charge is 0.336 e. The van der Waals surface area contributed by atoms with Crippen LogP contribution in [0.15, 0.2) is 24.3 Å². The predicted molar refractivity (Wildman–Crippen MR) is 86.5 cm³/mol. The lowest BCUT2D eigenvalue weighted by Crippen LogP contribution is -2.01. The quantitative estimate of drug-likeness (QED) is 0.711. The summed E-state index contributed by atoms with van der Waals surface area (Å²) in [5, 5.41) is 9.76. The molecule has 0 bridgehead atoms. The molecule has 0 aliphatic carbocycles. The number of aromatic nitrogens is 1. The van der Waals surface area contributed by atoms with Crippen molar-refractivity contribution in [2.45, 2.75) is 13.8 Å². The first-order valence-corrected chi connectivity index (χ1v) is 7.67. The molecule has 0 aliphatic rings. The average molecular weight is 336 g/mol. The van der Waals surface area contributed by atoms with E-state index in [0.29, 0.717) is 5.69 Å². The van der Waals surface area contributed by atoms with Crippen molar-refractivity contribution >= 4 is 39.8 Å². The summed E-state index contributed by atoms with van der Waals surface area (Å²) < 4.78 is 14.2. The monoisotopic (exact) mass is 335 g/mol. The lowest BCUT2D eigenvalue weighted by atomic mass is 10.0. The molecule has 1 N–H and O–H groups in total. The number of rotatable bonds is 2. The second kappa shape index (κ2) is 5.34. The zero-order valence-corrected chi connectivity index (χ0v) is 13.3. The number of aryl methyl sites for hydroxylation is 2. The minimum Gasteiger partial charge on any atom is -0.478 e. The summed E-state index contributed by atoms with van der Waals surface area (Å²) in [7, 11) is 0. The van der Waals surface area contributed by atoms with Gasteiger partial charge in [0.25, 0.3) is 0 Å². The van der Waals surface area contributed by atoms with Gasteiger partial charge in [0, 0.05) is 25.7 Å².